The Morgan fingerprint density at radius 2 is 1.85 bits per heavy atom. The number of methoxy groups -OCH3 is 1. The topological polar surface area (TPSA) is 53.4 Å². The smallest absolute Gasteiger partial charge is 0.348 e. The first kappa shape index (κ1) is 17.3. The molecule has 0 saturated carbocycles. The van der Waals surface area contributed by atoms with Crippen molar-refractivity contribution in [3.63, 3.8) is 0 Å². The minimum absolute atomic E-state index is 0.223. The number of benzene rings is 2. The van der Waals surface area contributed by atoms with E-state index in [1.165, 1.54) is 11.3 Å². The van der Waals surface area contributed by atoms with Crippen LogP contribution in [0.5, 0.6) is 5.75 Å². The van der Waals surface area contributed by atoms with Gasteiger partial charge in [0.05, 0.1) is 18.5 Å². The molecule has 0 N–H and O–H groups in total. The number of hydrogen-bond acceptors (Lipinski definition) is 5. The molecule has 2 heterocycles. The zero-order valence-corrected chi connectivity index (χ0v) is 15.8. The Morgan fingerprint density at radius 3 is 2.56 bits per heavy atom. The Kier molecular flexibility index (Phi) is 4.64. The second-order valence-electron chi connectivity index (χ2n) is 6.09. The predicted molar refractivity (Wildman–Crippen MR) is 106 cm³/mol. The molecule has 0 unspecified atom stereocenters. The number of thiophene rings is 1. The Bertz CT molecular complexity index is 1080. The Morgan fingerprint density at radius 1 is 1.11 bits per heavy atom. The molecular formula is C21H18N2O3S. The molecule has 0 atom stereocenters. The van der Waals surface area contributed by atoms with Crippen LogP contribution in [0.15, 0.2) is 60.7 Å². The maximum atomic E-state index is 12.5. The molecule has 0 aliphatic carbocycles. The number of hydrogen-bond donors (Lipinski definition) is 0. The van der Waals surface area contributed by atoms with Crippen LogP contribution in [0.25, 0.3) is 15.9 Å². The number of ether oxygens (including phenoxy) is 2. The first-order chi connectivity index (χ1) is 13.2. The molecule has 0 radical (unpaired) electrons. The van der Waals surface area contributed by atoms with Gasteiger partial charge in [0.15, 0.2) is 0 Å². The Hall–Kier alpha value is -3.12. The summed E-state index contributed by atoms with van der Waals surface area (Å²) in [5, 5.41) is 5.57. The number of aromatic nitrogens is 2. The molecule has 4 rings (SSSR count). The van der Waals surface area contributed by atoms with E-state index in [-0.39, 0.29) is 12.6 Å². The molecule has 0 bridgehead atoms. The van der Waals surface area contributed by atoms with Crippen LogP contribution in [0, 0.1) is 6.92 Å². The van der Waals surface area contributed by atoms with Crippen molar-refractivity contribution >= 4 is 27.5 Å². The van der Waals surface area contributed by atoms with Gasteiger partial charge in [-0.25, -0.2) is 9.48 Å². The monoisotopic (exact) mass is 378 g/mol. The van der Waals surface area contributed by atoms with E-state index in [4.69, 9.17) is 9.47 Å². The van der Waals surface area contributed by atoms with Crippen LogP contribution < -0.4 is 4.74 Å². The average Bonchev–Trinajstić information content (AvgIpc) is 3.28. The van der Waals surface area contributed by atoms with Gasteiger partial charge in [-0.3, -0.25) is 0 Å². The first-order valence-electron chi connectivity index (χ1n) is 8.50. The summed E-state index contributed by atoms with van der Waals surface area (Å²) in [4.78, 5) is 14.0. The molecule has 0 fully saturated rings. The summed E-state index contributed by atoms with van der Waals surface area (Å²) in [7, 11) is 1.62. The number of carbonyl (C=O) groups excluding carboxylic acids is 1. The highest BCUT2D eigenvalue weighted by molar-refractivity contribution is 7.20. The lowest BCUT2D eigenvalue weighted by molar-refractivity contribution is 0.0478. The van der Waals surface area contributed by atoms with E-state index in [0.29, 0.717) is 4.88 Å². The van der Waals surface area contributed by atoms with Crippen LogP contribution in [-0.2, 0) is 11.3 Å². The van der Waals surface area contributed by atoms with E-state index < -0.39 is 0 Å². The number of carbonyl (C=O) groups is 1. The van der Waals surface area contributed by atoms with E-state index in [0.717, 1.165) is 32.9 Å². The van der Waals surface area contributed by atoms with Gasteiger partial charge in [-0.15, -0.1) is 11.3 Å². The largest absolute Gasteiger partial charge is 0.497 e. The van der Waals surface area contributed by atoms with E-state index in [1.807, 2.05) is 72.3 Å². The molecule has 0 aliphatic heterocycles. The third kappa shape index (κ3) is 3.44. The van der Waals surface area contributed by atoms with Crippen molar-refractivity contribution in [1.82, 2.24) is 9.78 Å². The van der Waals surface area contributed by atoms with Gasteiger partial charge in [0.2, 0.25) is 0 Å². The summed E-state index contributed by atoms with van der Waals surface area (Å²) in [6.45, 7) is 2.17. The normalized spacial score (nSPS) is 10.9. The molecule has 0 aliphatic rings. The standard InChI is InChI=1S/C21H18N2O3S/c1-14-18-12-19(21(24)26-13-15-8-10-17(25-2)11-9-15)27-20(18)23(22-14)16-6-4-3-5-7-16/h3-12H,13H2,1-2H3. The van der Waals surface area contributed by atoms with Crippen molar-refractivity contribution in [1.29, 1.82) is 0 Å². The summed E-state index contributed by atoms with van der Waals surface area (Å²) >= 11 is 1.39. The maximum absolute atomic E-state index is 12.5. The van der Waals surface area contributed by atoms with E-state index in [1.54, 1.807) is 7.11 Å². The second-order valence-corrected chi connectivity index (χ2v) is 7.12. The number of rotatable bonds is 5. The quantitative estimate of drug-likeness (QED) is 0.470. The van der Waals surface area contributed by atoms with Crippen LogP contribution in [0.3, 0.4) is 0 Å². The molecule has 6 heteroatoms. The van der Waals surface area contributed by atoms with Crippen molar-refractivity contribution in [2.24, 2.45) is 0 Å². The third-order valence-electron chi connectivity index (χ3n) is 4.28. The molecular weight excluding hydrogens is 360 g/mol. The van der Waals surface area contributed by atoms with E-state index >= 15 is 0 Å². The van der Waals surface area contributed by atoms with Crippen LogP contribution in [0.2, 0.25) is 0 Å². The summed E-state index contributed by atoms with van der Waals surface area (Å²) < 4.78 is 12.5. The fourth-order valence-corrected chi connectivity index (χ4v) is 3.91. The highest BCUT2D eigenvalue weighted by Gasteiger charge is 2.18. The van der Waals surface area contributed by atoms with Gasteiger partial charge in [-0.2, -0.15) is 5.10 Å². The molecule has 2 aromatic carbocycles. The van der Waals surface area contributed by atoms with Gasteiger partial charge >= 0.3 is 5.97 Å². The van der Waals surface area contributed by atoms with Crippen molar-refractivity contribution in [3.05, 3.63) is 76.8 Å². The first-order valence-corrected chi connectivity index (χ1v) is 9.32. The minimum atomic E-state index is -0.328. The van der Waals surface area contributed by atoms with Gasteiger partial charge in [-0.1, -0.05) is 30.3 Å². The Labute approximate surface area is 160 Å². The molecule has 0 spiro atoms. The van der Waals surface area contributed by atoms with Gasteiger partial charge in [-0.05, 0) is 42.8 Å². The number of fused-ring (bicyclic) bond motifs is 1. The lowest BCUT2D eigenvalue weighted by Gasteiger charge is -2.05. The van der Waals surface area contributed by atoms with Crippen LogP contribution in [0.4, 0.5) is 0 Å². The summed E-state index contributed by atoms with van der Waals surface area (Å²) in [5.74, 6) is 0.446. The molecule has 2 aromatic heterocycles. The van der Waals surface area contributed by atoms with Crippen molar-refractivity contribution in [2.45, 2.75) is 13.5 Å². The lowest BCUT2D eigenvalue weighted by Crippen LogP contribution is -2.03. The number of para-hydroxylation sites is 1. The van der Waals surface area contributed by atoms with E-state index in [9.17, 15) is 4.79 Å². The molecule has 136 valence electrons. The zero-order chi connectivity index (χ0) is 18.8. The van der Waals surface area contributed by atoms with Crippen molar-refractivity contribution < 1.29 is 14.3 Å². The number of nitrogens with zero attached hydrogens (tertiary/aromatic N) is 2. The van der Waals surface area contributed by atoms with Crippen LogP contribution >= 0.6 is 11.3 Å². The van der Waals surface area contributed by atoms with Gasteiger partial charge < -0.3 is 9.47 Å². The van der Waals surface area contributed by atoms with Crippen molar-refractivity contribution in [2.75, 3.05) is 7.11 Å². The lowest BCUT2D eigenvalue weighted by atomic mass is 10.2. The average molecular weight is 378 g/mol. The molecule has 4 aromatic rings. The van der Waals surface area contributed by atoms with Crippen LogP contribution in [-0.4, -0.2) is 22.9 Å². The van der Waals surface area contributed by atoms with Crippen LogP contribution in [0.1, 0.15) is 20.9 Å². The SMILES string of the molecule is COc1ccc(COC(=O)c2cc3c(C)nn(-c4ccccc4)c3s2)cc1. The number of aryl methyl sites for hydroxylation is 1. The summed E-state index contributed by atoms with van der Waals surface area (Å²) in [5.41, 5.74) is 2.77. The maximum Gasteiger partial charge on any atom is 0.348 e. The molecule has 0 saturated heterocycles. The second kappa shape index (κ2) is 7.25. The number of esters is 1. The molecule has 27 heavy (non-hydrogen) atoms. The van der Waals surface area contributed by atoms with Gasteiger partial charge in [0, 0.05) is 5.39 Å². The highest BCUT2D eigenvalue weighted by atomic mass is 32.1. The van der Waals surface area contributed by atoms with Gasteiger partial charge in [0.1, 0.15) is 22.1 Å². The zero-order valence-electron chi connectivity index (χ0n) is 15.0. The molecule has 5 nitrogen and oxygen atoms in total. The third-order valence-corrected chi connectivity index (χ3v) is 5.37. The fourth-order valence-electron chi connectivity index (χ4n) is 2.83. The Balaban J connectivity index is 1.55. The minimum Gasteiger partial charge on any atom is -0.497 e. The molecule has 0 amide bonds. The van der Waals surface area contributed by atoms with Crippen molar-refractivity contribution in [3.8, 4) is 11.4 Å². The summed E-state index contributed by atoms with van der Waals surface area (Å²) in [6, 6.07) is 19.2. The van der Waals surface area contributed by atoms with Gasteiger partial charge in [0.25, 0.3) is 0 Å². The highest BCUT2D eigenvalue weighted by Crippen LogP contribution is 2.31. The predicted octanol–water partition coefficient (Wildman–Crippen LogP) is 4.76. The fraction of sp³-hybridized carbons (Fsp3) is 0.143. The van der Waals surface area contributed by atoms with E-state index in [2.05, 4.69) is 5.10 Å². The summed E-state index contributed by atoms with van der Waals surface area (Å²) in [6.07, 6.45) is 0.